The van der Waals surface area contributed by atoms with E-state index in [1.165, 1.54) is 23.1 Å². The smallest absolute Gasteiger partial charge is 0.489 e. The number of nitrogens with zero attached hydrogens (tertiary/aromatic N) is 4. The lowest BCUT2D eigenvalue weighted by Gasteiger charge is -2.29. The van der Waals surface area contributed by atoms with Crippen LogP contribution in [0.15, 0.2) is 30.6 Å². The number of amides is 2. The summed E-state index contributed by atoms with van der Waals surface area (Å²) in [5, 5.41) is 7.04. The number of aryl methyl sites for hydroxylation is 1. The maximum absolute atomic E-state index is 12.8. The summed E-state index contributed by atoms with van der Waals surface area (Å²) < 4.78 is 47.9. The Hall–Kier alpha value is -4.03. The van der Waals surface area contributed by atoms with Gasteiger partial charge in [-0.2, -0.15) is 5.10 Å². The Labute approximate surface area is 186 Å². The molecule has 2 aromatic heterocycles. The maximum atomic E-state index is 12.8. The molecule has 3 N–H and O–H groups in total. The number of nitrogens with one attached hydrogen (secondary N) is 1. The number of nitrogens with two attached hydrogens (primary N) is 1. The van der Waals surface area contributed by atoms with Crippen LogP contribution < -0.4 is 25.4 Å². The number of benzene rings is 1. The van der Waals surface area contributed by atoms with Gasteiger partial charge in [0.05, 0.1) is 30.3 Å². The van der Waals surface area contributed by atoms with Gasteiger partial charge >= 0.3 is 18.2 Å². The number of fused-ring (bicyclic) bond motifs is 2. The van der Waals surface area contributed by atoms with Crippen molar-refractivity contribution >= 4 is 39.9 Å². The summed E-state index contributed by atoms with van der Waals surface area (Å²) >= 11 is 0. The van der Waals surface area contributed by atoms with E-state index in [9.17, 15) is 22.8 Å². The number of hydrogen-bond acceptors (Lipinski definition) is 7. The molecule has 0 aliphatic carbocycles. The molecule has 2 amide bonds. The van der Waals surface area contributed by atoms with E-state index in [0.29, 0.717) is 10.9 Å². The van der Waals surface area contributed by atoms with Crippen molar-refractivity contribution < 1.29 is 32.2 Å². The Balaban J connectivity index is 0.00000149. The van der Waals surface area contributed by atoms with Crippen LogP contribution in [-0.4, -0.2) is 46.1 Å². The zero-order chi connectivity index (χ0) is 24.3. The Kier molecular flexibility index (Phi) is 6.60. The molecule has 0 saturated heterocycles. The van der Waals surface area contributed by atoms with Crippen LogP contribution in [0.5, 0.6) is 11.5 Å². The second-order valence-corrected chi connectivity index (χ2v) is 6.52. The Morgan fingerprint density at radius 3 is 2.67 bits per heavy atom. The zero-order valence-electron chi connectivity index (χ0n) is 17.9. The zero-order valence-corrected chi connectivity index (χ0v) is 17.9. The number of ether oxygens (including phenoxy) is 2. The molecule has 0 radical (unpaired) electrons. The molecule has 1 aromatic carbocycles. The van der Waals surface area contributed by atoms with E-state index in [1.54, 1.807) is 7.05 Å². The molecule has 176 valence electrons. The number of carbonyl (C=O) groups is 2. The fourth-order valence-corrected chi connectivity index (χ4v) is 3.21. The highest BCUT2D eigenvalue weighted by Gasteiger charge is 2.33. The second-order valence-electron chi connectivity index (χ2n) is 6.52. The van der Waals surface area contributed by atoms with Crippen molar-refractivity contribution in [2.75, 3.05) is 29.1 Å². The van der Waals surface area contributed by atoms with Gasteiger partial charge in [-0.1, -0.05) is 13.8 Å². The topological polar surface area (TPSA) is 125 Å². The van der Waals surface area contributed by atoms with Crippen molar-refractivity contribution in [3.05, 3.63) is 30.6 Å². The molecule has 1 aliphatic rings. The third kappa shape index (κ3) is 4.91. The van der Waals surface area contributed by atoms with Gasteiger partial charge in [0, 0.05) is 18.5 Å². The van der Waals surface area contributed by atoms with Crippen molar-refractivity contribution in [2.24, 2.45) is 7.05 Å². The lowest BCUT2D eigenvalue weighted by Crippen LogP contribution is -2.44. The number of alkyl halides is 3. The molecule has 3 heterocycles. The van der Waals surface area contributed by atoms with Crippen LogP contribution in [0.1, 0.15) is 13.8 Å². The van der Waals surface area contributed by atoms with Crippen molar-refractivity contribution in [1.29, 1.82) is 0 Å². The average Bonchev–Trinajstić information content (AvgIpc) is 3.17. The molecule has 0 fully saturated rings. The van der Waals surface area contributed by atoms with Gasteiger partial charge in [0.1, 0.15) is 29.4 Å². The van der Waals surface area contributed by atoms with Gasteiger partial charge in [0.15, 0.2) is 0 Å². The van der Waals surface area contributed by atoms with E-state index in [-0.39, 0.29) is 36.1 Å². The van der Waals surface area contributed by atoms with Gasteiger partial charge in [-0.3, -0.25) is 19.2 Å². The average molecular weight is 466 g/mol. The van der Waals surface area contributed by atoms with Crippen LogP contribution in [0.4, 0.5) is 30.4 Å². The molecule has 0 bridgehead atoms. The van der Waals surface area contributed by atoms with Crippen molar-refractivity contribution in [3.63, 3.8) is 0 Å². The third-order valence-electron chi connectivity index (χ3n) is 4.52. The summed E-state index contributed by atoms with van der Waals surface area (Å²) in [6, 6.07) is 3.25. The van der Waals surface area contributed by atoms with Crippen LogP contribution in [0.25, 0.3) is 10.9 Å². The van der Waals surface area contributed by atoms with Gasteiger partial charge in [-0.25, -0.2) is 4.98 Å². The molecule has 0 atom stereocenters. The van der Waals surface area contributed by atoms with E-state index in [0.717, 1.165) is 17.0 Å². The summed E-state index contributed by atoms with van der Waals surface area (Å²) in [6.07, 6.45) is -2.10. The van der Waals surface area contributed by atoms with Gasteiger partial charge in [0.25, 0.3) is 0 Å². The lowest BCUT2D eigenvalue weighted by atomic mass is 10.2. The second kappa shape index (κ2) is 9.22. The highest BCUT2D eigenvalue weighted by atomic mass is 19.4. The minimum absolute atomic E-state index is 0.0158. The summed E-state index contributed by atoms with van der Waals surface area (Å²) in [6.45, 7) is 4.01. The van der Waals surface area contributed by atoms with Crippen LogP contribution in [0, 0.1) is 0 Å². The molecule has 3 aromatic rings. The SMILES string of the molecule is CC.Cn1ncc2c(NC(=O)C(=O)N3CCOc4cc(OC(F)(F)F)ccc43)cnc(N)c21. The van der Waals surface area contributed by atoms with Crippen LogP contribution in [0.2, 0.25) is 0 Å². The fourth-order valence-electron chi connectivity index (χ4n) is 3.21. The fraction of sp³-hybridized carbons (Fsp3) is 0.300. The molecule has 33 heavy (non-hydrogen) atoms. The van der Waals surface area contributed by atoms with Gasteiger partial charge in [-0.15, -0.1) is 13.2 Å². The highest BCUT2D eigenvalue weighted by Crippen LogP contribution is 2.36. The standard InChI is InChI=1S/C18H15F3N6O4.C2H6/c1-26-14-10(7-24-26)11(8-23-15(14)22)25-16(28)17(29)27-4-5-30-13-6-9(2-3-12(13)27)31-18(19,20)21;1-2/h2-3,6-8H,4-5H2,1H3,(H2,22,23)(H,25,28);1-2H3. The summed E-state index contributed by atoms with van der Waals surface area (Å²) in [5.41, 5.74) is 6.69. The van der Waals surface area contributed by atoms with Crippen LogP contribution in [0.3, 0.4) is 0 Å². The number of nitrogen functional groups attached to an aromatic ring is 1. The first-order valence-electron chi connectivity index (χ1n) is 9.85. The summed E-state index contributed by atoms with van der Waals surface area (Å²) in [7, 11) is 1.65. The lowest BCUT2D eigenvalue weighted by molar-refractivity contribution is -0.274. The molecule has 0 saturated carbocycles. The Bertz CT molecular complexity index is 1190. The van der Waals surface area contributed by atoms with Gasteiger partial charge in [-0.05, 0) is 12.1 Å². The number of halogens is 3. The van der Waals surface area contributed by atoms with E-state index in [4.69, 9.17) is 10.5 Å². The van der Waals surface area contributed by atoms with Crippen molar-refractivity contribution in [3.8, 4) is 11.5 Å². The van der Waals surface area contributed by atoms with E-state index in [1.807, 2.05) is 13.8 Å². The summed E-state index contributed by atoms with van der Waals surface area (Å²) in [5.74, 6) is -2.21. The predicted molar refractivity (Wildman–Crippen MR) is 114 cm³/mol. The quantitative estimate of drug-likeness (QED) is 0.557. The third-order valence-corrected chi connectivity index (χ3v) is 4.52. The largest absolute Gasteiger partial charge is 0.573 e. The number of rotatable bonds is 2. The van der Waals surface area contributed by atoms with Crippen LogP contribution in [-0.2, 0) is 16.6 Å². The van der Waals surface area contributed by atoms with E-state index < -0.39 is 23.9 Å². The van der Waals surface area contributed by atoms with Gasteiger partial charge in [0.2, 0.25) is 0 Å². The van der Waals surface area contributed by atoms with E-state index in [2.05, 4.69) is 20.1 Å². The van der Waals surface area contributed by atoms with E-state index >= 15 is 0 Å². The molecule has 4 rings (SSSR count). The summed E-state index contributed by atoms with van der Waals surface area (Å²) in [4.78, 5) is 30.5. The molecule has 13 heteroatoms. The van der Waals surface area contributed by atoms with Crippen molar-refractivity contribution in [2.45, 2.75) is 20.2 Å². The monoisotopic (exact) mass is 466 g/mol. The number of anilines is 3. The molecular weight excluding hydrogens is 445 g/mol. The Morgan fingerprint density at radius 1 is 1.24 bits per heavy atom. The number of pyridine rings is 1. The molecule has 1 aliphatic heterocycles. The Morgan fingerprint density at radius 2 is 1.97 bits per heavy atom. The van der Waals surface area contributed by atoms with Crippen molar-refractivity contribution in [1.82, 2.24) is 14.8 Å². The first-order chi connectivity index (χ1) is 15.6. The highest BCUT2D eigenvalue weighted by molar-refractivity contribution is 6.45. The maximum Gasteiger partial charge on any atom is 0.573 e. The molecule has 10 nitrogen and oxygen atoms in total. The van der Waals surface area contributed by atoms with Crippen LogP contribution >= 0.6 is 0 Å². The normalized spacial score (nSPS) is 12.8. The minimum atomic E-state index is -4.87. The predicted octanol–water partition coefficient (Wildman–Crippen LogP) is 2.84. The molecule has 0 unspecified atom stereocenters. The number of hydrogen-bond donors (Lipinski definition) is 2. The number of aromatic nitrogens is 3. The number of carbonyl (C=O) groups excluding carboxylic acids is 2. The first-order valence-corrected chi connectivity index (χ1v) is 9.85. The first kappa shape index (κ1) is 23.6. The molecule has 0 spiro atoms. The van der Waals surface area contributed by atoms with Gasteiger partial charge < -0.3 is 20.5 Å². The molecular formula is C20H21F3N6O4. The minimum Gasteiger partial charge on any atom is -0.489 e.